The van der Waals surface area contributed by atoms with Gasteiger partial charge in [0.05, 0.1) is 4.92 Å². The number of hydrogen-bond donors (Lipinski definition) is 1. The zero-order valence-electron chi connectivity index (χ0n) is 10.4. The van der Waals surface area contributed by atoms with Crippen molar-refractivity contribution in [2.75, 3.05) is 17.6 Å². The van der Waals surface area contributed by atoms with E-state index in [0.29, 0.717) is 5.92 Å². The van der Waals surface area contributed by atoms with Gasteiger partial charge in [0.2, 0.25) is 0 Å². The second kappa shape index (κ2) is 6.49. The molecule has 0 radical (unpaired) electrons. The Morgan fingerprint density at radius 3 is 2.65 bits per heavy atom. The van der Waals surface area contributed by atoms with Crippen LogP contribution in [-0.2, 0) is 0 Å². The molecule has 0 fully saturated rings. The lowest BCUT2D eigenvalue weighted by atomic mass is 10.3. The number of nitrogens with one attached hydrogen (secondary N) is 1. The molecule has 17 heavy (non-hydrogen) atoms. The number of nitro groups is 1. The fourth-order valence-corrected chi connectivity index (χ4v) is 2.28. The lowest BCUT2D eigenvalue weighted by molar-refractivity contribution is -0.385. The number of non-ortho nitro benzene ring substituents is 1. The SMILES string of the molecule is CCNc1cc(SCC(C)C)cc([N+](=O)[O-])c1. The van der Waals surface area contributed by atoms with E-state index in [4.69, 9.17) is 0 Å². The first-order valence-electron chi connectivity index (χ1n) is 5.69. The maximum atomic E-state index is 10.8. The molecule has 0 amide bonds. The van der Waals surface area contributed by atoms with E-state index in [2.05, 4.69) is 19.2 Å². The number of nitro benzene ring substituents is 1. The Morgan fingerprint density at radius 2 is 2.12 bits per heavy atom. The summed E-state index contributed by atoms with van der Waals surface area (Å²) < 4.78 is 0. The minimum atomic E-state index is -0.347. The van der Waals surface area contributed by atoms with Crippen molar-refractivity contribution in [3.8, 4) is 0 Å². The molecule has 0 spiro atoms. The maximum Gasteiger partial charge on any atom is 0.272 e. The smallest absolute Gasteiger partial charge is 0.272 e. The van der Waals surface area contributed by atoms with Gasteiger partial charge in [-0.25, -0.2) is 0 Å². The third kappa shape index (κ3) is 4.65. The van der Waals surface area contributed by atoms with Gasteiger partial charge in [0.25, 0.3) is 5.69 Å². The largest absolute Gasteiger partial charge is 0.385 e. The summed E-state index contributed by atoms with van der Waals surface area (Å²) in [6.45, 7) is 7.00. The summed E-state index contributed by atoms with van der Waals surface area (Å²) in [5, 5.41) is 13.9. The molecule has 1 aromatic carbocycles. The van der Waals surface area contributed by atoms with Crippen LogP contribution in [0.1, 0.15) is 20.8 Å². The summed E-state index contributed by atoms with van der Waals surface area (Å²) in [6, 6.07) is 5.17. The van der Waals surface area contributed by atoms with Gasteiger partial charge in [-0.05, 0) is 18.9 Å². The molecule has 0 aliphatic carbocycles. The van der Waals surface area contributed by atoms with Gasteiger partial charge in [-0.2, -0.15) is 0 Å². The Bertz CT molecular complexity index is 394. The molecule has 0 saturated carbocycles. The highest BCUT2D eigenvalue weighted by atomic mass is 32.2. The minimum Gasteiger partial charge on any atom is -0.385 e. The standard InChI is InChI=1S/C12H18N2O2S/c1-4-13-10-5-11(14(15)16)7-12(6-10)17-8-9(2)3/h5-7,9,13H,4,8H2,1-3H3. The monoisotopic (exact) mass is 254 g/mol. The first kappa shape index (κ1) is 13.8. The van der Waals surface area contributed by atoms with Crippen LogP contribution in [0.5, 0.6) is 0 Å². The van der Waals surface area contributed by atoms with Gasteiger partial charge in [0.15, 0.2) is 0 Å². The molecule has 0 saturated heterocycles. The second-order valence-corrected chi connectivity index (χ2v) is 5.30. The average Bonchev–Trinajstić information content (AvgIpc) is 2.26. The molecule has 0 heterocycles. The highest BCUT2D eigenvalue weighted by Gasteiger charge is 2.10. The molecule has 4 nitrogen and oxygen atoms in total. The topological polar surface area (TPSA) is 55.2 Å². The van der Waals surface area contributed by atoms with Crippen LogP contribution in [-0.4, -0.2) is 17.2 Å². The molecule has 0 aliphatic rings. The summed E-state index contributed by atoms with van der Waals surface area (Å²) in [6.07, 6.45) is 0. The van der Waals surface area contributed by atoms with Gasteiger partial charge in [-0.3, -0.25) is 10.1 Å². The van der Waals surface area contributed by atoms with Crippen molar-refractivity contribution in [1.29, 1.82) is 0 Å². The molecule has 94 valence electrons. The Morgan fingerprint density at radius 1 is 1.41 bits per heavy atom. The van der Waals surface area contributed by atoms with Crippen molar-refractivity contribution < 1.29 is 4.92 Å². The summed E-state index contributed by atoms with van der Waals surface area (Å²) in [7, 11) is 0. The van der Waals surface area contributed by atoms with E-state index in [1.807, 2.05) is 13.0 Å². The van der Waals surface area contributed by atoms with Crippen LogP contribution in [0, 0.1) is 16.0 Å². The van der Waals surface area contributed by atoms with E-state index in [1.165, 1.54) is 0 Å². The molecule has 0 unspecified atom stereocenters. The molecule has 0 bridgehead atoms. The van der Waals surface area contributed by atoms with Gasteiger partial charge >= 0.3 is 0 Å². The van der Waals surface area contributed by atoms with E-state index < -0.39 is 0 Å². The number of nitrogens with zero attached hydrogens (tertiary/aromatic N) is 1. The van der Waals surface area contributed by atoms with Crippen LogP contribution in [0.4, 0.5) is 11.4 Å². The Balaban J connectivity index is 2.91. The number of thioether (sulfide) groups is 1. The molecule has 0 aromatic heterocycles. The predicted molar refractivity (Wildman–Crippen MR) is 72.8 cm³/mol. The Kier molecular flexibility index (Phi) is 5.28. The van der Waals surface area contributed by atoms with Crippen molar-refractivity contribution in [2.45, 2.75) is 25.7 Å². The lowest BCUT2D eigenvalue weighted by Gasteiger charge is -2.08. The highest BCUT2D eigenvalue weighted by Crippen LogP contribution is 2.28. The van der Waals surface area contributed by atoms with Crippen LogP contribution in [0.25, 0.3) is 0 Å². The van der Waals surface area contributed by atoms with Gasteiger partial charge in [0, 0.05) is 35.0 Å². The zero-order chi connectivity index (χ0) is 12.8. The van der Waals surface area contributed by atoms with Crippen molar-refractivity contribution in [2.24, 2.45) is 5.92 Å². The van der Waals surface area contributed by atoms with Crippen molar-refractivity contribution in [3.05, 3.63) is 28.3 Å². The lowest BCUT2D eigenvalue weighted by Crippen LogP contribution is -1.99. The molecule has 0 atom stereocenters. The van der Waals surface area contributed by atoms with Gasteiger partial charge in [0.1, 0.15) is 0 Å². The molecular formula is C12H18N2O2S. The van der Waals surface area contributed by atoms with Crippen molar-refractivity contribution in [1.82, 2.24) is 0 Å². The third-order valence-corrected chi connectivity index (χ3v) is 3.47. The molecule has 1 N–H and O–H groups in total. The summed E-state index contributed by atoms with van der Waals surface area (Å²) in [5.41, 5.74) is 0.961. The van der Waals surface area contributed by atoms with E-state index in [9.17, 15) is 10.1 Å². The molecule has 0 aliphatic heterocycles. The van der Waals surface area contributed by atoms with Gasteiger partial charge in [-0.15, -0.1) is 11.8 Å². The molecule has 1 aromatic rings. The van der Waals surface area contributed by atoms with E-state index >= 15 is 0 Å². The number of rotatable bonds is 6. The molecular weight excluding hydrogens is 236 g/mol. The highest BCUT2D eigenvalue weighted by molar-refractivity contribution is 7.99. The third-order valence-electron chi connectivity index (χ3n) is 2.07. The van der Waals surface area contributed by atoms with Gasteiger partial charge < -0.3 is 5.32 Å². The fraction of sp³-hybridized carbons (Fsp3) is 0.500. The quantitative estimate of drug-likeness (QED) is 0.477. The summed E-state index contributed by atoms with van der Waals surface area (Å²) in [4.78, 5) is 11.4. The number of benzene rings is 1. The number of hydrogen-bond acceptors (Lipinski definition) is 4. The second-order valence-electron chi connectivity index (χ2n) is 4.21. The predicted octanol–water partition coefficient (Wildman–Crippen LogP) is 3.77. The average molecular weight is 254 g/mol. The van der Waals surface area contributed by atoms with E-state index in [1.54, 1.807) is 23.9 Å². The summed E-state index contributed by atoms with van der Waals surface area (Å²) in [5.74, 6) is 1.54. The van der Waals surface area contributed by atoms with Gasteiger partial charge in [-0.1, -0.05) is 13.8 Å². The van der Waals surface area contributed by atoms with E-state index in [0.717, 1.165) is 22.9 Å². The Labute approximate surface area is 106 Å². The van der Waals surface area contributed by atoms with Crippen molar-refractivity contribution in [3.63, 3.8) is 0 Å². The van der Waals surface area contributed by atoms with Crippen LogP contribution in [0.3, 0.4) is 0 Å². The van der Waals surface area contributed by atoms with Crippen LogP contribution >= 0.6 is 11.8 Å². The maximum absolute atomic E-state index is 10.8. The van der Waals surface area contributed by atoms with Crippen molar-refractivity contribution >= 4 is 23.1 Å². The summed E-state index contributed by atoms with van der Waals surface area (Å²) >= 11 is 1.66. The number of anilines is 1. The minimum absolute atomic E-state index is 0.148. The molecule has 1 rings (SSSR count). The van der Waals surface area contributed by atoms with Crippen LogP contribution in [0.15, 0.2) is 23.1 Å². The zero-order valence-corrected chi connectivity index (χ0v) is 11.2. The van der Waals surface area contributed by atoms with Crippen LogP contribution < -0.4 is 5.32 Å². The fourth-order valence-electron chi connectivity index (χ4n) is 1.34. The van der Waals surface area contributed by atoms with E-state index in [-0.39, 0.29) is 10.6 Å². The first-order chi connectivity index (χ1) is 8.02. The first-order valence-corrected chi connectivity index (χ1v) is 6.67. The normalized spacial score (nSPS) is 10.6. The molecule has 5 heteroatoms. The van der Waals surface area contributed by atoms with Crippen LogP contribution in [0.2, 0.25) is 0 Å². The Hall–Kier alpha value is -1.23.